The number of nitrogens with zero attached hydrogens (tertiary/aromatic N) is 3. The van der Waals surface area contributed by atoms with Gasteiger partial charge in [-0.3, -0.25) is 9.59 Å². The molecule has 2 aromatic heterocycles. The van der Waals surface area contributed by atoms with Crippen LogP contribution in [0, 0.1) is 0 Å². The highest BCUT2D eigenvalue weighted by Gasteiger charge is 2.23. The summed E-state index contributed by atoms with van der Waals surface area (Å²) in [5.74, 6) is -0.284. The fourth-order valence-electron chi connectivity index (χ4n) is 3.58. The molecule has 0 saturated heterocycles. The number of benzene rings is 1. The maximum Gasteiger partial charge on any atom is 0.279 e. The Morgan fingerprint density at radius 3 is 2.42 bits per heavy atom. The SMILES string of the molecule is CCC(CC(=O)N(CC)CC)c1cc(S(C)(=O)=O)cc(-c2nc(=O)c3ccc(Cl)cc3s2)n1. The van der Waals surface area contributed by atoms with Gasteiger partial charge in [-0.2, -0.15) is 4.98 Å². The van der Waals surface area contributed by atoms with Gasteiger partial charge in [-0.15, -0.1) is 11.3 Å². The molecule has 0 aliphatic rings. The van der Waals surface area contributed by atoms with Gasteiger partial charge in [0.05, 0.1) is 10.3 Å². The minimum Gasteiger partial charge on any atom is -0.343 e. The van der Waals surface area contributed by atoms with Crippen LogP contribution in [0.25, 0.3) is 20.8 Å². The number of fused-ring (bicyclic) bond motifs is 1. The number of rotatable bonds is 8. The molecule has 3 rings (SSSR count). The molecule has 1 aromatic carbocycles. The highest BCUT2D eigenvalue weighted by atomic mass is 35.5. The van der Waals surface area contributed by atoms with Gasteiger partial charge in [0.1, 0.15) is 10.7 Å². The van der Waals surface area contributed by atoms with Crippen LogP contribution in [0.4, 0.5) is 0 Å². The summed E-state index contributed by atoms with van der Waals surface area (Å²) >= 11 is 7.30. The maximum absolute atomic E-state index is 12.7. The summed E-state index contributed by atoms with van der Waals surface area (Å²) in [7, 11) is -3.57. The van der Waals surface area contributed by atoms with Gasteiger partial charge in [-0.05, 0) is 50.6 Å². The lowest BCUT2D eigenvalue weighted by molar-refractivity contribution is -0.131. The summed E-state index contributed by atoms with van der Waals surface area (Å²) in [6.45, 7) is 6.98. The fourth-order valence-corrected chi connectivity index (χ4v) is 5.47. The number of carbonyl (C=O) groups is 1. The van der Waals surface area contributed by atoms with E-state index in [0.717, 1.165) is 6.26 Å². The van der Waals surface area contributed by atoms with Gasteiger partial charge in [0.2, 0.25) is 5.91 Å². The topological polar surface area (TPSA) is 97.3 Å². The third-order valence-corrected chi connectivity index (χ3v) is 7.88. The van der Waals surface area contributed by atoms with Crippen LogP contribution in [0.2, 0.25) is 5.02 Å². The molecule has 1 unspecified atom stereocenters. The van der Waals surface area contributed by atoms with Crippen LogP contribution in [0.1, 0.15) is 45.2 Å². The molecule has 0 bridgehead atoms. The van der Waals surface area contributed by atoms with E-state index in [9.17, 15) is 18.0 Å². The van der Waals surface area contributed by atoms with Gasteiger partial charge in [0.15, 0.2) is 9.84 Å². The zero-order chi connectivity index (χ0) is 24.3. The predicted octanol–water partition coefficient (Wildman–Crippen LogP) is 4.53. The summed E-state index contributed by atoms with van der Waals surface area (Å²) in [4.78, 5) is 35.9. The van der Waals surface area contributed by atoms with Crippen LogP contribution in [0.15, 0.2) is 40.0 Å². The van der Waals surface area contributed by atoms with E-state index in [2.05, 4.69) is 9.97 Å². The van der Waals surface area contributed by atoms with Gasteiger partial charge in [-0.1, -0.05) is 18.5 Å². The minimum absolute atomic E-state index is 0.0110. The molecule has 0 aliphatic carbocycles. The fraction of sp³-hybridized carbons (Fsp3) is 0.391. The van der Waals surface area contributed by atoms with Gasteiger partial charge < -0.3 is 4.90 Å². The van der Waals surface area contributed by atoms with Crippen molar-refractivity contribution in [3.8, 4) is 10.7 Å². The van der Waals surface area contributed by atoms with Crippen LogP contribution in [-0.2, 0) is 14.6 Å². The Morgan fingerprint density at radius 1 is 1.12 bits per heavy atom. The maximum atomic E-state index is 12.7. The second kappa shape index (κ2) is 10.3. The number of halogens is 1. The Hall–Kier alpha value is -2.36. The molecular weight excluding hydrogens is 482 g/mol. The monoisotopic (exact) mass is 507 g/mol. The largest absolute Gasteiger partial charge is 0.343 e. The lowest BCUT2D eigenvalue weighted by atomic mass is 9.96. The minimum atomic E-state index is -3.57. The molecular formula is C23H26ClN3O4S2. The van der Waals surface area contributed by atoms with Crippen molar-refractivity contribution in [2.24, 2.45) is 0 Å². The van der Waals surface area contributed by atoms with Crippen molar-refractivity contribution in [2.45, 2.75) is 44.4 Å². The molecule has 176 valence electrons. The van der Waals surface area contributed by atoms with Crippen molar-refractivity contribution in [3.63, 3.8) is 0 Å². The molecule has 33 heavy (non-hydrogen) atoms. The first-order chi connectivity index (χ1) is 15.6. The summed E-state index contributed by atoms with van der Waals surface area (Å²) in [6, 6.07) is 7.85. The van der Waals surface area contributed by atoms with Crippen LogP contribution in [-0.4, -0.2) is 48.5 Å². The van der Waals surface area contributed by atoms with Crippen LogP contribution < -0.4 is 5.56 Å². The number of hydrogen-bond donors (Lipinski definition) is 0. The molecule has 1 amide bonds. The highest BCUT2D eigenvalue weighted by molar-refractivity contribution is 7.90. The molecule has 2 heterocycles. The number of amides is 1. The standard InChI is InChI=1S/C23H26ClN3O4S2/c1-5-14(10-21(28)27(6-2)7-3)18-12-16(33(4,30)31)13-19(25-18)23-26-22(29)17-9-8-15(24)11-20(17)32-23/h8-9,11-14H,5-7,10H2,1-4H3. The molecule has 0 fully saturated rings. The van der Waals surface area contributed by atoms with Crippen molar-refractivity contribution in [2.75, 3.05) is 19.3 Å². The smallest absolute Gasteiger partial charge is 0.279 e. The Balaban J connectivity index is 2.16. The van der Waals surface area contributed by atoms with Crippen molar-refractivity contribution in [1.29, 1.82) is 0 Å². The molecule has 0 spiro atoms. The first kappa shape index (κ1) is 25.3. The van der Waals surface area contributed by atoms with Gasteiger partial charge in [0.25, 0.3) is 5.56 Å². The number of hydrogen-bond acceptors (Lipinski definition) is 7. The zero-order valence-corrected chi connectivity index (χ0v) is 21.4. The van der Waals surface area contributed by atoms with Crippen LogP contribution in [0.3, 0.4) is 0 Å². The second-order valence-corrected chi connectivity index (χ2v) is 11.2. The van der Waals surface area contributed by atoms with E-state index in [1.54, 1.807) is 23.1 Å². The summed E-state index contributed by atoms with van der Waals surface area (Å²) in [5.41, 5.74) is 0.335. The Labute approximate surface area is 202 Å². The molecule has 0 N–H and O–H groups in total. The van der Waals surface area contributed by atoms with Crippen LogP contribution in [0.5, 0.6) is 0 Å². The molecule has 0 radical (unpaired) electrons. The van der Waals surface area contributed by atoms with E-state index in [4.69, 9.17) is 11.6 Å². The molecule has 3 aromatic rings. The number of carbonyl (C=O) groups excluding carboxylic acids is 1. The lowest BCUT2D eigenvalue weighted by Gasteiger charge is -2.22. The first-order valence-electron chi connectivity index (χ1n) is 10.7. The van der Waals surface area contributed by atoms with E-state index in [-0.39, 0.29) is 28.8 Å². The van der Waals surface area contributed by atoms with Gasteiger partial charge >= 0.3 is 0 Å². The predicted molar refractivity (Wildman–Crippen MR) is 133 cm³/mol. The quantitative estimate of drug-likeness (QED) is 0.444. The Morgan fingerprint density at radius 2 is 1.82 bits per heavy atom. The number of sulfone groups is 1. The normalized spacial score (nSPS) is 12.6. The summed E-state index contributed by atoms with van der Waals surface area (Å²) in [5, 5.41) is 1.21. The van der Waals surface area contributed by atoms with Gasteiger partial charge in [0, 0.05) is 47.1 Å². The number of aromatic nitrogens is 2. The second-order valence-electron chi connectivity index (χ2n) is 7.73. The lowest BCUT2D eigenvalue weighted by Crippen LogP contribution is -2.31. The summed E-state index contributed by atoms with van der Waals surface area (Å²) in [6.07, 6.45) is 1.94. The Bertz CT molecular complexity index is 1350. The van der Waals surface area contributed by atoms with Crippen molar-refractivity contribution in [3.05, 3.63) is 51.4 Å². The molecule has 7 nitrogen and oxygen atoms in total. The third kappa shape index (κ3) is 5.77. The highest BCUT2D eigenvalue weighted by Crippen LogP contribution is 2.31. The zero-order valence-electron chi connectivity index (χ0n) is 19.0. The first-order valence-corrected chi connectivity index (χ1v) is 13.8. The Kier molecular flexibility index (Phi) is 7.87. The average molecular weight is 508 g/mol. The molecule has 10 heteroatoms. The van der Waals surface area contributed by atoms with Gasteiger partial charge in [-0.25, -0.2) is 13.4 Å². The van der Waals surface area contributed by atoms with E-state index >= 15 is 0 Å². The molecule has 0 aliphatic heterocycles. The summed E-state index contributed by atoms with van der Waals surface area (Å²) < 4.78 is 25.5. The van der Waals surface area contributed by atoms with E-state index < -0.39 is 15.4 Å². The van der Waals surface area contributed by atoms with Crippen molar-refractivity contribution in [1.82, 2.24) is 14.9 Å². The number of pyridine rings is 1. The van der Waals surface area contributed by atoms with Crippen molar-refractivity contribution >= 4 is 48.8 Å². The van der Waals surface area contributed by atoms with E-state index in [1.165, 1.54) is 23.5 Å². The third-order valence-electron chi connectivity index (χ3n) is 5.50. The van der Waals surface area contributed by atoms with Crippen molar-refractivity contribution < 1.29 is 13.2 Å². The van der Waals surface area contributed by atoms with Crippen LogP contribution >= 0.6 is 22.9 Å². The average Bonchev–Trinajstić information content (AvgIpc) is 2.77. The molecule has 0 saturated carbocycles. The van der Waals surface area contributed by atoms with E-state index in [0.29, 0.717) is 45.3 Å². The molecule has 1 atom stereocenters. The van der Waals surface area contributed by atoms with E-state index in [1.807, 2.05) is 20.8 Å².